The number of carbonyl (C=O) groups excluding carboxylic acids is 2. The van der Waals surface area contributed by atoms with Crippen molar-refractivity contribution in [3.63, 3.8) is 0 Å². The van der Waals surface area contributed by atoms with Crippen molar-refractivity contribution in [3.05, 3.63) is 22.5 Å². The first-order chi connectivity index (χ1) is 20.3. The molecule has 0 saturated heterocycles. The number of rotatable bonds is 24. The SMILES string of the molecule is CCCCC(CC)CC1=C2C(=O)N(CC(CC)CCCC)C(CC(CC)CCCC)=C2C(=O)N1CC(CC)CCCC. The lowest BCUT2D eigenvalue weighted by Crippen LogP contribution is -2.36. The molecule has 0 N–H and O–H groups in total. The Morgan fingerprint density at radius 3 is 1.00 bits per heavy atom. The first-order valence-electron chi connectivity index (χ1n) is 18.4. The van der Waals surface area contributed by atoms with E-state index in [-0.39, 0.29) is 11.8 Å². The van der Waals surface area contributed by atoms with Crippen LogP contribution in [0.2, 0.25) is 0 Å². The van der Waals surface area contributed by atoms with Gasteiger partial charge < -0.3 is 9.80 Å². The predicted molar refractivity (Wildman–Crippen MR) is 180 cm³/mol. The monoisotopic (exact) mass is 585 g/mol. The summed E-state index contributed by atoms with van der Waals surface area (Å²) in [6, 6.07) is 0. The Labute approximate surface area is 261 Å². The smallest absolute Gasteiger partial charge is 0.260 e. The van der Waals surface area contributed by atoms with E-state index in [4.69, 9.17) is 0 Å². The molecule has 4 nitrogen and oxygen atoms in total. The van der Waals surface area contributed by atoms with Crippen molar-refractivity contribution in [2.45, 2.75) is 171 Å². The molecule has 2 aliphatic heterocycles. The Morgan fingerprint density at radius 1 is 0.452 bits per heavy atom. The van der Waals surface area contributed by atoms with Crippen molar-refractivity contribution < 1.29 is 9.59 Å². The molecule has 0 radical (unpaired) electrons. The maximum atomic E-state index is 14.6. The summed E-state index contributed by atoms with van der Waals surface area (Å²) in [6.45, 7) is 19.7. The van der Waals surface area contributed by atoms with Gasteiger partial charge >= 0.3 is 0 Å². The van der Waals surface area contributed by atoms with Gasteiger partial charge in [-0.1, -0.05) is 145 Å². The minimum absolute atomic E-state index is 0.137. The minimum Gasteiger partial charge on any atom is -0.311 e. The summed E-state index contributed by atoms with van der Waals surface area (Å²) < 4.78 is 0. The highest BCUT2D eigenvalue weighted by Crippen LogP contribution is 2.45. The zero-order chi connectivity index (χ0) is 31.1. The zero-order valence-electron chi connectivity index (χ0n) is 29.2. The summed E-state index contributed by atoms with van der Waals surface area (Å²) in [6.07, 6.45) is 20.3. The first kappa shape index (κ1) is 36.6. The third kappa shape index (κ3) is 9.71. The number of allylic oxidation sites excluding steroid dienone is 2. The van der Waals surface area contributed by atoms with E-state index in [2.05, 4.69) is 65.2 Å². The van der Waals surface area contributed by atoms with Crippen molar-refractivity contribution in [3.8, 4) is 0 Å². The fourth-order valence-corrected chi connectivity index (χ4v) is 7.13. The second-order valence-electron chi connectivity index (χ2n) is 13.5. The van der Waals surface area contributed by atoms with E-state index in [1.807, 2.05) is 0 Å². The summed E-state index contributed by atoms with van der Waals surface area (Å²) in [5.74, 6) is 2.28. The topological polar surface area (TPSA) is 40.6 Å². The Hall–Kier alpha value is -1.58. The molecule has 4 atom stereocenters. The molecule has 0 bridgehead atoms. The third-order valence-corrected chi connectivity index (χ3v) is 10.4. The number of fused-ring (bicyclic) bond motifs is 1. The lowest BCUT2D eigenvalue weighted by molar-refractivity contribution is -0.125. The van der Waals surface area contributed by atoms with Gasteiger partial charge in [0.25, 0.3) is 11.8 Å². The normalized spacial score (nSPS) is 18.4. The van der Waals surface area contributed by atoms with Crippen LogP contribution in [0.15, 0.2) is 22.5 Å². The van der Waals surface area contributed by atoms with Gasteiger partial charge in [-0.2, -0.15) is 0 Å². The minimum atomic E-state index is 0.137. The maximum Gasteiger partial charge on any atom is 0.260 e. The van der Waals surface area contributed by atoms with Crippen molar-refractivity contribution in [1.82, 2.24) is 9.80 Å². The van der Waals surface area contributed by atoms with Crippen LogP contribution < -0.4 is 0 Å². The summed E-state index contributed by atoms with van der Waals surface area (Å²) in [5, 5.41) is 0. The summed E-state index contributed by atoms with van der Waals surface area (Å²) in [5.41, 5.74) is 3.74. The van der Waals surface area contributed by atoms with Crippen LogP contribution in [0.4, 0.5) is 0 Å². The van der Waals surface area contributed by atoms with Crippen LogP contribution in [0.1, 0.15) is 171 Å². The molecule has 0 aromatic heterocycles. The van der Waals surface area contributed by atoms with Crippen LogP contribution in [-0.4, -0.2) is 34.7 Å². The molecule has 0 fully saturated rings. The Kier molecular flexibility index (Phi) is 17.1. The number of amides is 2. The van der Waals surface area contributed by atoms with E-state index < -0.39 is 0 Å². The van der Waals surface area contributed by atoms with Crippen LogP contribution in [0.25, 0.3) is 0 Å². The number of hydrogen-bond donors (Lipinski definition) is 0. The van der Waals surface area contributed by atoms with Crippen LogP contribution >= 0.6 is 0 Å². The molecular weight excluding hydrogens is 516 g/mol. The van der Waals surface area contributed by atoms with Crippen molar-refractivity contribution in [1.29, 1.82) is 0 Å². The van der Waals surface area contributed by atoms with E-state index in [0.29, 0.717) is 23.7 Å². The van der Waals surface area contributed by atoms with Gasteiger partial charge in [-0.15, -0.1) is 0 Å². The number of nitrogens with zero attached hydrogens (tertiary/aromatic N) is 2. The van der Waals surface area contributed by atoms with Gasteiger partial charge in [0.2, 0.25) is 0 Å². The molecule has 0 aromatic carbocycles. The largest absolute Gasteiger partial charge is 0.311 e. The summed E-state index contributed by atoms with van der Waals surface area (Å²) >= 11 is 0. The van der Waals surface area contributed by atoms with Crippen LogP contribution in [-0.2, 0) is 9.59 Å². The number of carbonyl (C=O) groups is 2. The lowest BCUT2D eigenvalue weighted by Gasteiger charge is -2.31. The fraction of sp³-hybridized carbons (Fsp3) is 0.842. The lowest BCUT2D eigenvalue weighted by atomic mass is 9.91. The molecule has 2 aliphatic rings. The fourth-order valence-electron chi connectivity index (χ4n) is 7.13. The number of hydrogen-bond acceptors (Lipinski definition) is 2. The van der Waals surface area contributed by atoms with E-state index >= 15 is 0 Å². The quantitative estimate of drug-likeness (QED) is 0.113. The standard InChI is InChI=1S/C38H68N2O2/c1-9-17-21-29(13-5)25-33-35-36(38(42)39(33)27-31(15-7)23-19-11-3)34(26-30(14-6)22-18-10-2)40(37(35)41)28-32(16-8)24-20-12-4/h29-32H,9-28H2,1-8H3. The van der Waals surface area contributed by atoms with Gasteiger partial charge in [-0.25, -0.2) is 0 Å². The predicted octanol–water partition coefficient (Wildman–Crippen LogP) is 10.8. The van der Waals surface area contributed by atoms with Gasteiger partial charge in [0, 0.05) is 24.5 Å². The van der Waals surface area contributed by atoms with Crippen molar-refractivity contribution in [2.24, 2.45) is 23.7 Å². The van der Waals surface area contributed by atoms with Gasteiger partial charge in [-0.05, 0) is 49.4 Å². The van der Waals surface area contributed by atoms with Crippen molar-refractivity contribution >= 4 is 11.8 Å². The molecule has 4 unspecified atom stereocenters. The molecule has 242 valence electrons. The highest BCUT2D eigenvalue weighted by Gasteiger charge is 2.48. The third-order valence-electron chi connectivity index (χ3n) is 10.4. The molecule has 42 heavy (non-hydrogen) atoms. The molecule has 0 aromatic rings. The molecule has 2 heterocycles. The van der Waals surface area contributed by atoms with Gasteiger partial charge in [0.05, 0.1) is 11.1 Å². The van der Waals surface area contributed by atoms with Crippen LogP contribution in [0.3, 0.4) is 0 Å². The molecular formula is C38H68N2O2. The molecule has 0 saturated carbocycles. The molecule has 0 spiro atoms. The average molecular weight is 585 g/mol. The van der Waals surface area contributed by atoms with E-state index in [1.54, 1.807) is 0 Å². The Morgan fingerprint density at radius 2 is 0.738 bits per heavy atom. The van der Waals surface area contributed by atoms with Gasteiger partial charge in [0.1, 0.15) is 0 Å². The Bertz CT molecular complexity index is 816. The highest BCUT2D eigenvalue weighted by molar-refractivity contribution is 6.19. The second kappa shape index (κ2) is 19.6. The second-order valence-corrected chi connectivity index (χ2v) is 13.5. The Balaban J connectivity index is 2.63. The van der Waals surface area contributed by atoms with Crippen molar-refractivity contribution in [2.75, 3.05) is 13.1 Å². The van der Waals surface area contributed by atoms with E-state index in [9.17, 15) is 9.59 Å². The molecule has 4 heteroatoms. The highest BCUT2D eigenvalue weighted by atomic mass is 16.2. The summed E-state index contributed by atoms with van der Waals surface area (Å²) in [4.78, 5) is 33.4. The molecule has 2 rings (SSSR count). The van der Waals surface area contributed by atoms with Gasteiger partial charge in [-0.3, -0.25) is 9.59 Å². The molecule has 2 amide bonds. The zero-order valence-corrected chi connectivity index (χ0v) is 29.2. The summed E-state index contributed by atoms with van der Waals surface area (Å²) in [7, 11) is 0. The average Bonchev–Trinajstić information content (AvgIpc) is 3.42. The maximum absolute atomic E-state index is 14.6. The van der Waals surface area contributed by atoms with E-state index in [0.717, 1.165) is 87.0 Å². The number of unbranched alkanes of at least 4 members (excludes halogenated alkanes) is 4. The van der Waals surface area contributed by atoms with Crippen LogP contribution in [0.5, 0.6) is 0 Å². The van der Waals surface area contributed by atoms with Crippen LogP contribution in [0, 0.1) is 23.7 Å². The van der Waals surface area contributed by atoms with E-state index in [1.165, 1.54) is 64.2 Å². The van der Waals surface area contributed by atoms with Gasteiger partial charge in [0.15, 0.2) is 0 Å². The first-order valence-corrected chi connectivity index (χ1v) is 18.4. The molecule has 0 aliphatic carbocycles.